The van der Waals surface area contributed by atoms with Crippen LogP contribution >= 0.6 is 15.9 Å². The van der Waals surface area contributed by atoms with Crippen molar-refractivity contribution < 1.29 is 4.74 Å². The molecule has 72 valence electrons. The summed E-state index contributed by atoms with van der Waals surface area (Å²) in [6.07, 6.45) is 7.44. The molecule has 1 aliphatic carbocycles. The Bertz CT molecular complexity index is 382. The molecule has 1 heterocycles. The molecule has 0 saturated heterocycles. The maximum Gasteiger partial charge on any atom is 0.218 e. The van der Waals surface area contributed by atoms with Crippen LogP contribution in [-0.2, 0) is 0 Å². The second kappa shape index (κ2) is 3.97. The molecule has 0 N–H and O–H groups in total. The lowest BCUT2D eigenvalue weighted by Gasteiger charge is -2.03. The number of hydrogen-bond donors (Lipinski definition) is 0. The number of ether oxygens (including phenoxy) is 1. The predicted octanol–water partition coefficient (Wildman–Crippen LogP) is 2.13. The van der Waals surface area contributed by atoms with Gasteiger partial charge in [0.25, 0.3) is 0 Å². The summed E-state index contributed by atoms with van der Waals surface area (Å²) in [5.74, 6) is 4.32. The van der Waals surface area contributed by atoms with Gasteiger partial charge in [-0.25, -0.2) is 4.98 Å². The van der Waals surface area contributed by atoms with E-state index in [-0.39, 0.29) is 6.61 Å². The van der Waals surface area contributed by atoms with Gasteiger partial charge in [0, 0.05) is 12.0 Å². The Balaban J connectivity index is 2.18. The minimum Gasteiger partial charge on any atom is -0.464 e. The molecule has 0 aliphatic heterocycles. The van der Waals surface area contributed by atoms with Crippen molar-refractivity contribution >= 4 is 15.9 Å². The Morgan fingerprint density at radius 3 is 3.00 bits per heavy atom. The molecule has 0 atom stereocenters. The summed E-state index contributed by atoms with van der Waals surface area (Å²) in [5.41, 5.74) is 0. The molecule has 1 aromatic rings. The van der Waals surface area contributed by atoms with E-state index in [1.54, 1.807) is 6.07 Å². The lowest BCUT2D eigenvalue weighted by atomic mass is 10.4. The van der Waals surface area contributed by atoms with E-state index in [2.05, 4.69) is 31.8 Å². The molecule has 0 spiro atoms. The Hall–Kier alpha value is -1.08. The summed E-state index contributed by atoms with van der Waals surface area (Å²) in [7, 11) is 0. The summed E-state index contributed by atoms with van der Waals surface area (Å²) in [6.45, 7) is 0.244. The molecule has 1 aromatic heterocycles. The minimum atomic E-state index is 0.244. The summed E-state index contributed by atoms with van der Waals surface area (Å²) in [5, 5.41) is 0. The molecule has 2 rings (SSSR count). The molecule has 3 nitrogen and oxygen atoms in total. The maximum absolute atomic E-state index is 5.24. The van der Waals surface area contributed by atoms with E-state index in [1.165, 1.54) is 12.8 Å². The van der Waals surface area contributed by atoms with Crippen LogP contribution in [0.15, 0.2) is 10.7 Å². The van der Waals surface area contributed by atoms with Crippen LogP contribution in [0.5, 0.6) is 5.88 Å². The Kier molecular flexibility index (Phi) is 2.69. The normalized spacial score (nSPS) is 14.9. The molecule has 1 saturated carbocycles. The highest BCUT2D eigenvalue weighted by Gasteiger charge is 2.27. The Labute approximate surface area is 91.0 Å². The summed E-state index contributed by atoms with van der Waals surface area (Å²) >= 11 is 3.32. The van der Waals surface area contributed by atoms with Crippen LogP contribution in [0.1, 0.15) is 24.6 Å². The molecule has 1 fully saturated rings. The highest BCUT2D eigenvalue weighted by Crippen LogP contribution is 2.38. The van der Waals surface area contributed by atoms with Crippen molar-refractivity contribution in [2.45, 2.75) is 18.8 Å². The van der Waals surface area contributed by atoms with Crippen LogP contribution in [0.4, 0.5) is 0 Å². The van der Waals surface area contributed by atoms with E-state index >= 15 is 0 Å². The third-order valence-electron chi connectivity index (χ3n) is 1.93. The van der Waals surface area contributed by atoms with Crippen molar-refractivity contribution in [2.24, 2.45) is 0 Å². The second-order valence-electron chi connectivity index (χ2n) is 3.15. The van der Waals surface area contributed by atoms with E-state index in [1.807, 2.05) is 0 Å². The van der Waals surface area contributed by atoms with Gasteiger partial charge in [-0.3, -0.25) is 0 Å². The fourth-order valence-corrected chi connectivity index (χ4v) is 1.50. The van der Waals surface area contributed by atoms with Crippen LogP contribution in [0.25, 0.3) is 0 Å². The largest absolute Gasteiger partial charge is 0.464 e. The van der Waals surface area contributed by atoms with Crippen molar-refractivity contribution in [1.29, 1.82) is 0 Å². The lowest BCUT2D eigenvalue weighted by molar-refractivity contribution is 0.352. The SMILES string of the molecule is C#CCOc1cc(Br)nc(C2CC2)n1. The molecule has 1 aliphatic rings. The number of rotatable bonds is 3. The fourth-order valence-electron chi connectivity index (χ4n) is 1.13. The smallest absolute Gasteiger partial charge is 0.218 e. The summed E-state index contributed by atoms with van der Waals surface area (Å²) in [6, 6.07) is 1.73. The zero-order valence-electron chi connectivity index (χ0n) is 7.53. The summed E-state index contributed by atoms with van der Waals surface area (Å²) in [4.78, 5) is 8.55. The Morgan fingerprint density at radius 1 is 1.57 bits per heavy atom. The number of halogens is 1. The quantitative estimate of drug-likeness (QED) is 0.611. The van der Waals surface area contributed by atoms with Crippen molar-refractivity contribution in [3.8, 4) is 18.2 Å². The zero-order chi connectivity index (χ0) is 9.97. The first kappa shape index (κ1) is 9.47. The fraction of sp³-hybridized carbons (Fsp3) is 0.400. The van der Waals surface area contributed by atoms with Gasteiger partial charge in [-0.05, 0) is 28.8 Å². The molecule has 4 heteroatoms. The maximum atomic E-state index is 5.24. The average molecular weight is 253 g/mol. The first-order valence-corrected chi connectivity index (χ1v) is 5.19. The van der Waals surface area contributed by atoms with Crippen LogP contribution in [-0.4, -0.2) is 16.6 Å². The number of nitrogens with zero attached hydrogens (tertiary/aromatic N) is 2. The molecule has 0 amide bonds. The van der Waals surface area contributed by atoms with Gasteiger partial charge in [-0.15, -0.1) is 6.42 Å². The van der Waals surface area contributed by atoms with E-state index in [4.69, 9.17) is 11.2 Å². The highest BCUT2D eigenvalue weighted by atomic mass is 79.9. The molecular weight excluding hydrogens is 244 g/mol. The summed E-state index contributed by atoms with van der Waals surface area (Å²) < 4.78 is 5.99. The van der Waals surface area contributed by atoms with Crippen molar-refractivity contribution in [1.82, 2.24) is 9.97 Å². The van der Waals surface area contributed by atoms with E-state index in [0.717, 1.165) is 10.4 Å². The van der Waals surface area contributed by atoms with Crippen LogP contribution in [0, 0.1) is 12.3 Å². The number of hydrogen-bond acceptors (Lipinski definition) is 3. The first-order valence-electron chi connectivity index (χ1n) is 4.40. The molecular formula is C10H9BrN2O. The van der Waals surface area contributed by atoms with Crippen molar-refractivity contribution in [3.05, 3.63) is 16.5 Å². The molecule has 14 heavy (non-hydrogen) atoms. The molecule has 0 bridgehead atoms. The van der Waals surface area contributed by atoms with Gasteiger partial charge in [0.2, 0.25) is 5.88 Å². The lowest BCUT2D eigenvalue weighted by Crippen LogP contribution is -2.00. The second-order valence-corrected chi connectivity index (χ2v) is 3.97. The average Bonchev–Trinajstić information content (AvgIpc) is 2.97. The van der Waals surface area contributed by atoms with Crippen molar-refractivity contribution in [3.63, 3.8) is 0 Å². The van der Waals surface area contributed by atoms with Gasteiger partial charge >= 0.3 is 0 Å². The zero-order valence-corrected chi connectivity index (χ0v) is 9.12. The van der Waals surface area contributed by atoms with Crippen molar-refractivity contribution in [2.75, 3.05) is 6.61 Å². The van der Waals surface area contributed by atoms with Gasteiger partial charge in [-0.2, -0.15) is 4.98 Å². The van der Waals surface area contributed by atoms with Gasteiger partial charge in [0.1, 0.15) is 10.4 Å². The van der Waals surface area contributed by atoms with Gasteiger partial charge in [-0.1, -0.05) is 5.92 Å². The first-order chi connectivity index (χ1) is 6.79. The van der Waals surface area contributed by atoms with Gasteiger partial charge in [0.15, 0.2) is 6.61 Å². The Morgan fingerprint density at radius 2 is 2.36 bits per heavy atom. The van der Waals surface area contributed by atoms with Crippen LogP contribution in [0.3, 0.4) is 0 Å². The highest BCUT2D eigenvalue weighted by molar-refractivity contribution is 9.10. The van der Waals surface area contributed by atoms with E-state index < -0.39 is 0 Å². The molecule has 0 aromatic carbocycles. The topological polar surface area (TPSA) is 35.0 Å². The van der Waals surface area contributed by atoms with E-state index in [0.29, 0.717) is 11.8 Å². The van der Waals surface area contributed by atoms with Gasteiger partial charge < -0.3 is 4.74 Å². The third kappa shape index (κ3) is 2.24. The third-order valence-corrected chi connectivity index (χ3v) is 2.34. The van der Waals surface area contributed by atoms with Crippen LogP contribution < -0.4 is 4.74 Å². The molecule has 0 radical (unpaired) electrons. The number of terminal acetylenes is 1. The molecule has 0 unspecified atom stereocenters. The minimum absolute atomic E-state index is 0.244. The van der Waals surface area contributed by atoms with Crippen LogP contribution in [0.2, 0.25) is 0 Å². The number of aromatic nitrogens is 2. The van der Waals surface area contributed by atoms with E-state index in [9.17, 15) is 0 Å². The standard InChI is InChI=1S/C10H9BrN2O/c1-2-5-14-9-6-8(11)12-10(13-9)7-3-4-7/h1,6-7H,3-5H2. The predicted molar refractivity (Wildman–Crippen MR) is 56.0 cm³/mol. The monoisotopic (exact) mass is 252 g/mol. The van der Waals surface area contributed by atoms with Gasteiger partial charge in [0.05, 0.1) is 0 Å².